The molecule has 0 spiro atoms. The molecule has 0 saturated heterocycles. The molecule has 7 heteroatoms. The van der Waals surface area contributed by atoms with Crippen molar-refractivity contribution in [1.29, 1.82) is 0 Å². The zero-order valence-corrected chi connectivity index (χ0v) is 11.9. The van der Waals surface area contributed by atoms with Crippen molar-refractivity contribution in [2.24, 2.45) is 0 Å². The molecule has 0 bridgehead atoms. The zero-order valence-electron chi connectivity index (χ0n) is 11.9. The van der Waals surface area contributed by atoms with E-state index in [1.165, 1.54) is 4.68 Å². The summed E-state index contributed by atoms with van der Waals surface area (Å²) in [6.45, 7) is 0.0523. The molecule has 0 unspecified atom stereocenters. The number of benzene rings is 2. The van der Waals surface area contributed by atoms with Gasteiger partial charge < -0.3 is 4.98 Å². The van der Waals surface area contributed by atoms with Crippen molar-refractivity contribution in [3.05, 3.63) is 75.1 Å². The molecule has 0 fully saturated rings. The fourth-order valence-electron chi connectivity index (χ4n) is 2.48. The van der Waals surface area contributed by atoms with Crippen molar-refractivity contribution in [2.75, 3.05) is 0 Å². The number of nitrogens with one attached hydrogen (secondary N) is 1. The number of H-pyrrole nitrogens is 1. The van der Waals surface area contributed by atoms with Crippen LogP contribution in [0.3, 0.4) is 0 Å². The van der Waals surface area contributed by atoms with Crippen LogP contribution in [0, 0.1) is 0 Å². The van der Waals surface area contributed by atoms with Crippen LogP contribution in [0.5, 0.6) is 0 Å². The Morgan fingerprint density at radius 2 is 1.61 bits per heavy atom. The van der Waals surface area contributed by atoms with Gasteiger partial charge in [0.15, 0.2) is 0 Å². The van der Waals surface area contributed by atoms with Crippen LogP contribution < -0.4 is 11.1 Å². The van der Waals surface area contributed by atoms with Crippen LogP contribution in [0.2, 0.25) is 0 Å². The van der Waals surface area contributed by atoms with E-state index in [-0.39, 0.29) is 17.7 Å². The molecule has 1 N–H and O–H groups in total. The van der Waals surface area contributed by atoms with Gasteiger partial charge in [-0.2, -0.15) is 0 Å². The summed E-state index contributed by atoms with van der Waals surface area (Å²) in [6, 6.07) is 14.0. The Balaban J connectivity index is 1.83. The lowest BCUT2D eigenvalue weighted by atomic mass is 10.2. The molecule has 0 saturated carbocycles. The summed E-state index contributed by atoms with van der Waals surface area (Å²) in [5.41, 5.74) is 0.598. The second-order valence-electron chi connectivity index (χ2n) is 5.10. The van der Waals surface area contributed by atoms with Gasteiger partial charge in [-0.1, -0.05) is 29.5 Å². The first-order valence-electron chi connectivity index (χ1n) is 7.03. The van der Waals surface area contributed by atoms with E-state index >= 15 is 0 Å². The highest BCUT2D eigenvalue weighted by Crippen LogP contribution is 2.07. The van der Waals surface area contributed by atoms with Crippen LogP contribution in [0.15, 0.2) is 58.1 Å². The number of hydrogen-bond acceptors (Lipinski definition) is 5. The van der Waals surface area contributed by atoms with E-state index in [0.29, 0.717) is 27.6 Å². The fourth-order valence-corrected chi connectivity index (χ4v) is 2.48. The number of aromatic amines is 1. The van der Waals surface area contributed by atoms with E-state index in [1.54, 1.807) is 48.5 Å². The van der Waals surface area contributed by atoms with Crippen molar-refractivity contribution in [1.82, 2.24) is 25.0 Å². The van der Waals surface area contributed by atoms with Gasteiger partial charge in [0.1, 0.15) is 17.9 Å². The maximum atomic E-state index is 12.4. The van der Waals surface area contributed by atoms with Crippen molar-refractivity contribution < 1.29 is 0 Å². The van der Waals surface area contributed by atoms with Crippen LogP contribution in [-0.4, -0.2) is 25.0 Å². The predicted molar refractivity (Wildman–Crippen MR) is 85.3 cm³/mol. The van der Waals surface area contributed by atoms with E-state index in [1.807, 2.05) is 0 Å². The molecule has 7 nitrogen and oxygen atoms in total. The Hall–Kier alpha value is -3.35. The van der Waals surface area contributed by atoms with E-state index in [4.69, 9.17) is 0 Å². The average molecular weight is 305 g/mol. The van der Waals surface area contributed by atoms with Crippen molar-refractivity contribution in [3.8, 4) is 0 Å². The summed E-state index contributed by atoms with van der Waals surface area (Å²) in [6.07, 6.45) is 0. The van der Waals surface area contributed by atoms with Gasteiger partial charge in [0, 0.05) is 0 Å². The first kappa shape index (κ1) is 13.3. The molecule has 0 aliphatic carbocycles. The number of rotatable bonds is 2. The van der Waals surface area contributed by atoms with Crippen molar-refractivity contribution in [3.63, 3.8) is 0 Å². The quantitative estimate of drug-likeness (QED) is 0.598. The molecule has 2 heterocycles. The minimum absolute atomic E-state index is 0.0523. The molecular formula is C16H11N5O2. The molecule has 2 aromatic carbocycles. The highest BCUT2D eigenvalue weighted by atomic mass is 16.1. The summed E-state index contributed by atoms with van der Waals surface area (Å²) in [4.78, 5) is 31.5. The summed E-state index contributed by atoms with van der Waals surface area (Å²) in [7, 11) is 0. The van der Waals surface area contributed by atoms with Gasteiger partial charge in [-0.15, -0.1) is 5.10 Å². The van der Waals surface area contributed by atoms with E-state index in [9.17, 15) is 9.59 Å². The lowest BCUT2D eigenvalue weighted by Crippen LogP contribution is -2.26. The van der Waals surface area contributed by atoms with E-state index in [0.717, 1.165) is 0 Å². The summed E-state index contributed by atoms with van der Waals surface area (Å²) in [5.74, 6) is 0.361. The largest absolute Gasteiger partial charge is 0.308 e. The Kier molecular flexibility index (Phi) is 2.97. The van der Waals surface area contributed by atoms with Crippen molar-refractivity contribution >= 4 is 21.8 Å². The molecule has 23 heavy (non-hydrogen) atoms. The minimum Gasteiger partial charge on any atom is -0.308 e. The number of para-hydroxylation sites is 1. The lowest BCUT2D eigenvalue weighted by molar-refractivity contribution is 0.582. The topological polar surface area (TPSA) is 93.5 Å². The second kappa shape index (κ2) is 5.13. The lowest BCUT2D eigenvalue weighted by Gasteiger charge is -2.05. The molecule has 4 aromatic rings. The maximum absolute atomic E-state index is 12.4. The van der Waals surface area contributed by atoms with Gasteiger partial charge in [-0.25, -0.2) is 9.67 Å². The Labute approximate surface area is 129 Å². The van der Waals surface area contributed by atoms with Crippen LogP contribution in [0.1, 0.15) is 5.82 Å². The van der Waals surface area contributed by atoms with Gasteiger partial charge in [-0.05, 0) is 24.3 Å². The number of nitrogens with zero attached hydrogens (tertiary/aromatic N) is 4. The molecule has 0 aliphatic rings. The van der Waals surface area contributed by atoms with Crippen LogP contribution in [0.25, 0.3) is 21.8 Å². The fraction of sp³-hybridized carbons (Fsp3) is 0.0625. The molecule has 112 valence electrons. The SMILES string of the molecule is O=c1[nH]c(Cn2nnc3ccccc3c2=O)nc2ccccc12. The molecular weight excluding hydrogens is 294 g/mol. The standard InChI is InChI=1S/C16H11N5O2/c22-15-10-5-1-3-7-12(10)17-14(18-15)9-21-16(23)11-6-2-4-8-13(11)19-20-21/h1-8H,9H2,(H,17,18,22). The average Bonchev–Trinajstić information content (AvgIpc) is 2.58. The predicted octanol–water partition coefficient (Wildman–Crippen LogP) is 1.08. The molecule has 0 atom stereocenters. The maximum Gasteiger partial charge on any atom is 0.278 e. The van der Waals surface area contributed by atoms with Crippen molar-refractivity contribution in [2.45, 2.75) is 6.54 Å². The minimum atomic E-state index is -0.272. The van der Waals surface area contributed by atoms with Gasteiger partial charge in [0.25, 0.3) is 11.1 Å². The van der Waals surface area contributed by atoms with Gasteiger partial charge in [-0.3, -0.25) is 9.59 Å². The first-order valence-corrected chi connectivity index (χ1v) is 7.03. The summed E-state index contributed by atoms with van der Waals surface area (Å²) < 4.78 is 1.19. The highest BCUT2D eigenvalue weighted by molar-refractivity contribution is 5.77. The third-order valence-corrected chi connectivity index (χ3v) is 3.59. The number of fused-ring (bicyclic) bond motifs is 2. The summed E-state index contributed by atoms with van der Waals surface area (Å²) >= 11 is 0. The van der Waals surface area contributed by atoms with E-state index < -0.39 is 0 Å². The van der Waals surface area contributed by atoms with Crippen LogP contribution in [0.4, 0.5) is 0 Å². The first-order chi connectivity index (χ1) is 11.2. The third kappa shape index (κ3) is 2.28. The number of aromatic nitrogens is 5. The monoisotopic (exact) mass is 305 g/mol. The molecule has 0 amide bonds. The van der Waals surface area contributed by atoms with Gasteiger partial charge >= 0.3 is 0 Å². The van der Waals surface area contributed by atoms with Crippen LogP contribution >= 0.6 is 0 Å². The van der Waals surface area contributed by atoms with Crippen LogP contribution in [-0.2, 0) is 6.54 Å². The number of hydrogen-bond donors (Lipinski definition) is 1. The molecule has 0 aliphatic heterocycles. The second-order valence-corrected chi connectivity index (χ2v) is 5.10. The van der Waals surface area contributed by atoms with Gasteiger partial charge in [0.05, 0.1) is 16.3 Å². The normalized spacial score (nSPS) is 11.1. The molecule has 4 rings (SSSR count). The smallest absolute Gasteiger partial charge is 0.278 e. The third-order valence-electron chi connectivity index (χ3n) is 3.59. The van der Waals surface area contributed by atoms with Gasteiger partial charge in [0.2, 0.25) is 0 Å². The molecule has 0 radical (unpaired) electrons. The van der Waals surface area contributed by atoms with E-state index in [2.05, 4.69) is 20.3 Å². The summed E-state index contributed by atoms with van der Waals surface area (Å²) in [5, 5.41) is 8.90. The molecule has 2 aromatic heterocycles. The zero-order chi connectivity index (χ0) is 15.8. The Morgan fingerprint density at radius 3 is 2.43 bits per heavy atom. The Bertz CT molecular complexity index is 1150. The Morgan fingerprint density at radius 1 is 0.913 bits per heavy atom. The highest BCUT2D eigenvalue weighted by Gasteiger charge is 2.08.